The first-order valence-electron chi connectivity index (χ1n) is 9.43. The van der Waals surface area contributed by atoms with Crippen LogP contribution < -0.4 is 5.32 Å². The normalized spacial score (nSPS) is 16.0. The molecule has 0 unspecified atom stereocenters. The Bertz CT molecular complexity index is 356. The lowest BCUT2D eigenvalue weighted by molar-refractivity contribution is -0.160. The standard InChI is InChI=1S/C18H36N2O6/c1-18(2,3)26-17(21)16-25-15-14-24-13-12-23-11-10-22-9-8-20-6-4-19-5-7-20/h19H,4-16H2,1-3H3. The molecule has 0 bridgehead atoms. The Hall–Kier alpha value is -0.770. The zero-order valence-corrected chi connectivity index (χ0v) is 16.6. The van der Waals surface area contributed by atoms with Gasteiger partial charge in [0.1, 0.15) is 12.2 Å². The molecule has 0 aromatic rings. The summed E-state index contributed by atoms with van der Waals surface area (Å²) in [7, 11) is 0. The molecule has 0 aromatic carbocycles. The highest BCUT2D eigenvalue weighted by Crippen LogP contribution is 2.06. The number of carbonyl (C=O) groups excluding carboxylic acids is 1. The summed E-state index contributed by atoms with van der Waals surface area (Å²) in [5.41, 5.74) is -0.483. The molecule has 26 heavy (non-hydrogen) atoms. The van der Waals surface area contributed by atoms with Crippen molar-refractivity contribution in [1.29, 1.82) is 0 Å². The van der Waals surface area contributed by atoms with Gasteiger partial charge >= 0.3 is 5.97 Å². The van der Waals surface area contributed by atoms with Crippen LogP contribution in [0.3, 0.4) is 0 Å². The molecule has 1 fully saturated rings. The van der Waals surface area contributed by atoms with Crippen LogP contribution in [0.5, 0.6) is 0 Å². The Balaban J connectivity index is 1.75. The molecule has 8 nitrogen and oxygen atoms in total. The molecule has 0 aliphatic carbocycles. The first kappa shape index (κ1) is 23.3. The molecular formula is C18H36N2O6. The fourth-order valence-electron chi connectivity index (χ4n) is 2.31. The van der Waals surface area contributed by atoms with Crippen LogP contribution in [0.15, 0.2) is 0 Å². The molecule has 0 aromatic heterocycles. The number of ether oxygens (including phenoxy) is 5. The van der Waals surface area contributed by atoms with Crippen molar-refractivity contribution in [1.82, 2.24) is 10.2 Å². The fraction of sp³-hybridized carbons (Fsp3) is 0.944. The molecule has 1 saturated heterocycles. The van der Waals surface area contributed by atoms with Crippen LogP contribution >= 0.6 is 0 Å². The number of hydrogen-bond acceptors (Lipinski definition) is 8. The Labute approximate surface area is 157 Å². The predicted octanol–water partition coefficient (Wildman–Crippen LogP) is 0.300. The zero-order valence-electron chi connectivity index (χ0n) is 16.6. The van der Waals surface area contributed by atoms with Crippen molar-refractivity contribution >= 4 is 5.97 Å². The largest absolute Gasteiger partial charge is 0.458 e. The molecule has 154 valence electrons. The summed E-state index contributed by atoms with van der Waals surface area (Å²) in [5.74, 6) is -0.363. The van der Waals surface area contributed by atoms with Crippen molar-refractivity contribution < 1.29 is 28.5 Å². The van der Waals surface area contributed by atoms with Crippen molar-refractivity contribution in [3.63, 3.8) is 0 Å². The molecule has 8 heteroatoms. The molecule has 1 aliphatic rings. The summed E-state index contributed by atoms with van der Waals surface area (Å²) in [6.45, 7) is 14.4. The lowest BCUT2D eigenvalue weighted by Crippen LogP contribution is -2.44. The van der Waals surface area contributed by atoms with E-state index in [-0.39, 0.29) is 12.6 Å². The van der Waals surface area contributed by atoms with E-state index in [0.717, 1.165) is 39.3 Å². The van der Waals surface area contributed by atoms with Crippen LogP contribution in [0, 0.1) is 0 Å². The van der Waals surface area contributed by atoms with Crippen molar-refractivity contribution in [2.45, 2.75) is 26.4 Å². The molecule has 0 saturated carbocycles. The Kier molecular flexibility index (Phi) is 12.8. The SMILES string of the molecule is CC(C)(C)OC(=O)COCCOCCOCCOCCN1CCNCC1. The molecule has 0 radical (unpaired) electrons. The summed E-state index contributed by atoms with van der Waals surface area (Å²) >= 11 is 0. The number of rotatable bonds is 14. The number of esters is 1. The first-order valence-corrected chi connectivity index (χ1v) is 9.43. The molecule has 1 aliphatic heterocycles. The Morgan fingerprint density at radius 3 is 1.88 bits per heavy atom. The minimum atomic E-state index is -0.483. The summed E-state index contributed by atoms with van der Waals surface area (Å²) in [5, 5.41) is 3.33. The molecule has 1 heterocycles. The van der Waals surface area contributed by atoms with E-state index in [1.807, 2.05) is 20.8 Å². The zero-order chi connectivity index (χ0) is 19.1. The lowest BCUT2D eigenvalue weighted by Gasteiger charge is -2.26. The Morgan fingerprint density at radius 1 is 0.846 bits per heavy atom. The molecular weight excluding hydrogens is 340 g/mol. The van der Waals surface area contributed by atoms with E-state index in [9.17, 15) is 4.79 Å². The van der Waals surface area contributed by atoms with Gasteiger partial charge in [0.05, 0.1) is 46.2 Å². The smallest absolute Gasteiger partial charge is 0.332 e. The Morgan fingerprint density at radius 2 is 1.35 bits per heavy atom. The average molecular weight is 376 g/mol. The van der Waals surface area contributed by atoms with Crippen molar-refractivity contribution in [2.75, 3.05) is 85.6 Å². The van der Waals surface area contributed by atoms with E-state index in [2.05, 4.69) is 10.2 Å². The maximum Gasteiger partial charge on any atom is 0.332 e. The highest BCUT2D eigenvalue weighted by molar-refractivity contribution is 5.71. The van der Waals surface area contributed by atoms with E-state index in [0.29, 0.717) is 39.6 Å². The quantitative estimate of drug-likeness (QED) is 0.343. The third kappa shape index (κ3) is 14.4. The second-order valence-electron chi connectivity index (χ2n) is 7.07. The highest BCUT2D eigenvalue weighted by atomic mass is 16.6. The molecule has 0 atom stereocenters. The second kappa shape index (κ2) is 14.3. The van der Waals surface area contributed by atoms with Gasteiger partial charge in [0, 0.05) is 32.7 Å². The minimum Gasteiger partial charge on any atom is -0.458 e. The fourth-order valence-corrected chi connectivity index (χ4v) is 2.31. The summed E-state index contributed by atoms with van der Waals surface area (Å²) in [6, 6.07) is 0. The molecule has 1 rings (SSSR count). The maximum absolute atomic E-state index is 11.4. The van der Waals surface area contributed by atoms with Crippen LogP contribution in [0.2, 0.25) is 0 Å². The summed E-state index contributed by atoms with van der Waals surface area (Å²) in [6.07, 6.45) is 0. The first-order chi connectivity index (χ1) is 12.5. The number of nitrogens with zero attached hydrogens (tertiary/aromatic N) is 1. The van der Waals surface area contributed by atoms with Crippen LogP contribution in [0.4, 0.5) is 0 Å². The predicted molar refractivity (Wildman–Crippen MR) is 98.4 cm³/mol. The summed E-state index contributed by atoms with van der Waals surface area (Å²) in [4.78, 5) is 13.8. The van der Waals surface area contributed by atoms with E-state index < -0.39 is 5.60 Å². The number of carbonyl (C=O) groups is 1. The third-order valence-corrected chi connectivity index (χ3v) is 3.52. The van der Waals surface area contributed by atoms with Crippen molar-refractivity contribution in [3.05, 3.63) is 0 Å². The van der Waals surface area contributed by atoms with E-state index in [1.165, 1.54) is 0 Å². The van der Waals surface area contributed by atoms with Gasteiger partial charge in [0.15, 0.2) is 0 Å². The van der Waals surface area contributed by atoms with Crippen LogP contribution in [-0.4, -0.2) is 102 Å². The van der Waals surface area contributed by atoms with Gasteiger partial charge in [-0.05, 0) is 20.8 Å². The van der Waals surface area contributed by atoms with E-state index in [4.69, 9.17) is 23.7 Å². The van der Waals surface area contributed by atoms with Gasteiger partial charge in [-0.25, -0.2) is 4.79 Å². The van der Waals surface area contributed by atoms with Crippen molar-refractivity contribution in [3.8, 4) is 0 Å². The van der Waals surface area contributed by atoms with Crippen LogP contribution in [-0.2, 0) is 28.5 Å². The second-order valence-corrected chi connectivity index (χ2v) is 7.07. The average Bonchev–Trinajstić information content (AvgIpc) is 2.58. The molecule has 0 spiro atoms. The topological polar surface area (TPSA) is 78.5 Å². The minimum absolute atomic E-state index is 0.0532. The monoisotopic (exact) mass is 376 g/mol. The van der Waals surface area contributed by atoms with Crippen LogP contribution in [0.25, 0.3) is 0 Å². The van der Waals surface area contributed by atoms with Gasteiger partial charge in [-0.1, -0.05) is 0 Å². The van der Waals surface area contributed by atoms with Gasteiger partial charge < -0.3 is 29.0 Å². The van der Waals surface area contributed by atoms with E-state index >= 15 is 0 Å². The van der Waals surface area contributed by atoms with Crippen LogP contribution in [0.1, 0.15) is 20.8 Å². The van der Waals surface area contributed by atoms with Gasteiger partial charge in [0.25, 0.3) is 0 Å². The molecule has 0 amide bonds. The number of piperazine rings is 1. The van der Waals surface area contributed by atoms with Gasteiger partial charge in [-0.2, -0.15) is 0 Å². The highest BCUT2D eigenvalue weighted by Gasteiger charge is 2.15. The van der Waals surface area contributed by atoms with E-state index in [1.54, 1.807) is 0 Å². The maximum atomic E-state index is 11.4. The lowest BCUT2D eigenvalue weighted by atomic mass is 10.2. The van der Waals surface area contributed by atoms with Gasteiger partial charge in [-0.3, -0.25) is 4.90 Å². The van der Waals surface area contributed by atoms with Crippen molar-refractivity contribution in [2.24, 2.45) is 0 Å². The van der Waals surface area contributed by atoms with Gasteiger partial charge in [-0.15, -0.1) is 0 Å². The molecule has 1 N–H and O–H groups in total. The summed E-state index contributed by atoms with van der Waals surface area (Å²) < 4.78 is 26.7. The number of hydrogen-bond donors (Lipinski definition) is 1. The third-order valence-electron chi connectivity index (χ3n) is 3.52. The van der Waals surface area contributed by atoms with Gasteiger partial charge in [0.2, 0.25) is 0 Å². The number of nitrogens with one attached hydrogen (secondary N) is 1.